The van der Waals surface area contributed by atoms with Crippen molar-refractivity contribution in [1.82, 2.24) is 14.8 Å². The molecular weight excluding hydrogens is 283 g/mol. The number of carbonyl (C=O) groups excluding carboxylic acids is 1. The fraction of sp³-hybridized carbons (Fsp3) is 0.0625. The Morgan fingerprint density at radius 1 is 1.23 bits per heavy atom. The van der Waals surface area contributed by atoms with Gasteiger partial charge in [0.05, 0.1) is 18.4 Å². The van der Waals surface area contributed by atoms with E-state index in [2.05, 4.69) is 15.4 Å². The lowest BCUT2D eigenvalue weighted by Gasteiger charge is -2.03. The summed E-state index contributed by atoms with van der Waals surface area (Å²) < 4.78 is 14.8. The third kappa shape index (κ3) is 3.35. The number of aromatic nitrogens is 3. The summed E-state index contributed by atoms with van der Waals surface area (Å²) >= 11 is 0. The number of amides is 1. The van der Waals surface area contributed by atoms with Gasteiger partial charge in [0.2, 0.25) is 0 Å². The SMILES string of the molecule is O=C(Nc1cnn(Cc2cccc(F)c2)c1)c1ccncc1. The Labute approximate surface area is 126 Å². The maximum absolute atomic E-state index is 13.1. The smallest absolute Gasteiger partial charge is 0.255 e. The number of pyridine rings is 1. The normalized spacial score (nSPS) is 10.4. The van der Waals surface area contributed by atoms with E-state index in [0.717, 1.165) is 5.56 Å². The molecule has 0 spiro atoms. The lowest BCUT2D eigenvalue weighted by molar-refractivity contribution is 0.102. The van der Waals surface area contributed by atoms with E-state index >= 15 is 0 Å². The molecule has 3 aromatic rings. The highest BCUT2D eigenvalue weighted by molar-refractivity contribution is 6.03. The minimum atomic E-state index is -0.282. The Hall–Kier alpha value is -3.02. The van der Waals surface area contributed by atoms with Gasteiger partial charge in [0, 0.05) is 24.2 Å². The Morgan fingerprint density at radius 2 is 2.05 bits per heavy atom. The molecule has 2 heterocycles. The second-order valence-electron chi connectivity index (χ2n) is 4.75. The summed E-state index contributed by atoms with van der Waals surface area (Å²) in [4.78, 5) is 15.9. The Balaban J connectivity index is 1.68. The molecule has 6 heteroatoms. The van der Waals surface area contributed by atoms with Gasteiger partial charge >= 0.3 is 0 Å². The molecule has 0 unspecified atom stereocenters. The van der Waals surface area contributed by atoms with E-state index in [1.165, 1.54) is 12.1 Å². The predicted octanol–water partition coefficient (Wildman–Crippen LogP) is 2.72. The molecule has 110 valence electrons. The quantitative estimate of drug-likeness (QED) is 0.805. The lowest BCUT2D eigenvalue weighted by atomic mass is 10.2. The Morgan fingerprint density at radius 3 is 2.82 bits per heavy atom. The Kier molecular flexibility index (Phi) is 3.91. The number of nitrogens with zero attached hydrogens (tertiary/aromatic N) is 3. The van der Waals surface area contributed by atoms with Crippen molar-refractivity contribution in [1.29, 1.82) is 0 Å². The number of hydrogen-bond acceptors (Lipinski definition) is 3. The zero-order valence-corrected chi connectivity index (χ0v) is 11.6. The molecule has 1 aromatic carbocycles. The predicted molar refractivity (Wildman–Crippen MR) is 79.9 cm³/mol. The molecule has 0 saturated carbocycles. The van der Waals surface area contributed by atoms with Crippen molar-refractivity contribution >= 4 is 11.6 Å². The van der Waals surface area contributed by atoms with Gasteiger partial charge in [-0.25, -0.2) is 4.39 Å². The van der Waals surface area contributed by atoms with Gasteiger partial charge in [-0.2, -0.15) is 5.10 Å². The molecule has 0 aliphatic rings. The molecule has 0 aliphatic carbocycles. The van der Waals surface area contributed by atoms with Crippen molar-refractivity contribution in [3.63, 3.8) is 0 Å². The molecule has 1 amide bonds. The van der Waals surface area contributed by atoms with Crippen molar-refractivity contribution in [2.45, 2.75) is 6.54 Å². The van der Waals surface area contributed by atoms with Gasteiger partial charge in [-0.3, -0.25) is 14.5 Å². The fourth-order valence-corrected chi connectivity index (χ4v) is 2.04. The second-order valence-corrected chi connectivity index (χ2v) is 4.75. The number of halogens is 1. The van der Waals surface area contributed by atoms with E-state index in [1.54, 1.807) is 47.7 Å². The zero-order chi connectivity index (χ0) is 15.4. The third-order valence-electron chi connectivity index (χ3n) is 3.07. The molecule has 0 bridgehead atoms. The first-order valence-electron chi connectivity index (χ1n) is 6.69. The van der Waals surface area contributed by atoms with Gasteiger partial charge in [-0.05, 0) is 29.8 Å². The number of hydrogen-bond donors (Lipinski definition) is 1. The largest absolute Gasteiger partial charge is 0.319 e. The van der Waals surface area contributed by atoms with E-state index in [9.17, 15) is 9.18 Å². The van der Waals surface area contributed by atoms with Crippen molar-refractivity contribution in [2.75, 3.05) is 5.32 Å². The van der Waals surface area contributed by atoms with Gasteiger partial charge in [0.15, 0.2) is 0 Å². The highest BCUT2D eigenvalue weighted by Crippen LogP contribution is 2.10. The van der Waals surface area contributed by atoms with Crippen LogP contribution in [0, 0.1) is 5.82 Å². The van der Waals surface area contributed by atoms with Gasteiger partial charge in [-0.1, -0.05) is 12.1 Å². The number of benzene rings is 1. The van der Waals surface area contributed by atoms with Crippen LogP contribution in [-0.2, 0) is 6.54 Å². The molecule has 0 atom stereocenters. The first kappa shape index (κ1) is 13.9. The van der Waals surface area contributed by atoms with E-state index < -0.39 is 0 Å². The maximum Gasteiger partial charge on any atom is 0.255 e. The van der Waals surface area contributed by atoms with Crippen LogP contribution in [-0.4, -0.2) is 20.7 Å². The molecule has 3 rings (SSSR count). The Bertz CT molecular complexity index is 786. The van der Waals surface area contributed by atoms with E-state index in [1.807, 2.05) is 6.07 Å². The van der Waals surface area contributed by atoms with Crippen LogP contribution in [0.15, 0.2) is 61.2 Å². The van der Waals surface area contributed by atoms with Crippen LogP contribution in [0.4, 0.5) is 10.1 Å². The molecule has 0 radical (unpaired) electrons. The summed E-state index contributed by atoms with van der Waals surface area (Å²) in [5.41, 5.74) is 1.90. The molecule has 22 heavy (non-hydrogen) atoms. The molecule has 2 aromatic heterocycles. The van der Waals surface area contributed by atoms with Crippen molar-refractivity contribution < 1.29 is 9.18 Å². The number of nitrogens with one attached hydrogen (secondary N) is 1. The summed E-state index contributed by atoms with van der Waals surface area (Å²) in [5.74, 6) is -0.511. The number of rotatable bonds is 4. The van der Waals surface area contributed by atoms with Crippen molar-refractivity contribution in [3.05, 3.63) is 78.1 Å². The highest BCUT2D eigenvalue weighted by atomic mass is 19.1. The average molecular weight is 296 g/mol. The van der Waals surface area contributed by atoms with E-state index in [0.29, 0.717) is 17.8 Å². The van der Waals surface area contributed by atoms with Crippen LogP contribution in [0.2, 0.25) is 0 Å². The summed E-state index contributed by atoms with van der Waals surface area (Å²) in [6, 6.07) is 9.59. The number of anilines is 1. The molecule has 1 N–H and O–H groups in total. The lowest BCUT2D eigenvalue weighted by Crippen LogP contribution is -2.11. The van der Waals surface area contributed by atoms with Gasteiger partial charge in [-0.15, -0.1) is 0 Å². The standard InChI is InChI=1S/C16H13FN4O/c17-14-3-1-2-12(8-14)10-21-11-15(9-19-21)20-16(22)13-4-6-18-7-5-13/h1-9,11H,10H2,(H,20,22). The van der Waals surface area contributed by atoms with Crippen LogP contribution in [0.5, 0.6) is 0 Å². The summed E-state index contributed by atoms with van der Waals surface area (Å²) in [5, 5.41) is 6.91. The fourth-order valence-electron chi connectivity index (χ4n) is 2.04. The zero-order valence-electron chi connectivity index (χ0n) is 11.6. The van der Waals surface area contributed by atoms with Crippen molar-refractivity contribution in [3.8, 4) is 0 Å². The molecule has 0 fully saturated rings. The third-order valence-corrected chi connectivity index (χ3v) is 3.07. The van der Waals surface area contributed by atoms with E-state index in [-0.39, 0.29) is 11.7 Å². The van der Waals surface area contributed by atoms with Crippen LogP contribution in [0.3, 0.4) is 0 Å². The van der Waals surface area contributed by atoms with Crippen LogP contribution >= 0.6 is 0 Å². The monoisotopic (exact) mass is 296 g/mol. The topological polar surface area (TPSA) is 59.8 Å². The van der Waals surface area contributed by atoms with Gasteiger partial charge < -0.3 is 5.32 Å². The molecule has 0 aliphatic heterocycles. The number of carbonyl (C=O) groups is 1. The van der Waals surface area contributed by atoms with Gasteiger partial charge in [0.1, 0.15) is 5.82 Å². The molecule has 5 nitrogen and oxygen atoms in total. The minimum absolute atomic E-state index is 0.229. The average Bonchev–Trinajstić information content (AvgIpc) is 2.95. The summed E-state index contributed by atoms with van der Waals surface area (Å²) in [7, 11) is 0. The molecule has 0 saturated heterocycles. The van der Waals surface area contributed by atoms with Crippen LogP contribution in [0.25, 0.3) is 0 Å². The van der Waals surface area contributed by atoms with Gasteiger partial charge in [0.25, 0.3) is 5.91 Å². The van der Waals surface area contributed by atoms with Crippen molar-refractivity contribution in [2.24, 2.45) is 0 Å². The molecular formula is C16H13FN4O. The van der Waals surface area contributed by atoms with Crippen LogP contribution in [0.1, 0.15) is 15.9 Å². The first-order valence-corrected chi connectivity index (χ1v) is 6.69. The van der Waals surface area contributed by atoms with E-state index in [4.69, 9.17) is 0 Å². The minimum Gasteiger partial charge on any atom is -0.319 e. The second kappa shape index (κ2) is 6.17. The highest BCUT2D eigenvalue weighted by Gasteiger charge is 2.07. The summed E-state index contributed by atoms with van der Waals surface area (Å²) in [6.07, 6.45) is 6.37. The van der Waals surface area contributed by atoms with Crippen LogP contribution < -0.4 is 5.32 Å². The maximum atomic E-state index is 13.1. The first-order chi connectivity index (χ1) is 10.7. The summed E-state index contributed by atoms with van der Waals surface area (Å²) in [6.45, 7) is 0.433.